The van der Waals surface area contributed by atoms with E-state index < -0.39 is 12.1 Å². The summed E-state index contributed by atoms with van der Waals surface area (Å²) in [5.41, 5.74) is 2.17. The number of carboxylic acid groups (broad SMARTS) is 1. The Morgan fingerprint density at radius 2 is 2.13 bits per heavy atom. The van der Waals surface area contributed by atoms with Crippen molar-refractivity contribution >= 4 is 5.97 Å². The lowest BCUT2D eigenvalue weighted by molar-refractivity contribution is -0.137. The SMILES string of the molecule is O=C(O)CC1COc2cc(O[C@@H]3CCc4c(Oc5cccnc5)ccc(F)c43)ccc21. The van der Waals surface area contributed by atoms with Crippen molar-refractivity contribution in [1.29, 1.82) is 0 Å². The van der Waals surface area contributed by atoms with Gasteiger partial charge in [0.1, 0.15) is 34.9 Å². The zero-order valence-electron chi connectivity index (χ0n) is 16.6. The fraction of sp³-hybridized carbons (Fsp3) is 0.250. The molecule has 0 fully saturated rings. The molecule has 2 aliphatic rings. The Labute approximate surface area is 178 Å². The Morgan fingerprint density at radius 3 is 2.94 bits per heavy atom. The Kier molecular flexibility index (Phi) is 4.94. The van der Waals surface area contributed by atoms with E-state index in [2.05, 4.69) is 4.98 Å². The van der Waals surface area contributed by atoms with Crippen molar-refractivity contribution in [2.24, 2.45) is 0 Å². The number of rotatable bonds is 6. The van der Waals surface area contributed by atoms with E-state index in [-0.39, 0.29) is 18.2 Å². The molecule has 1 unspecified atom stereocenters. The summed E-state index contributed by atoms with van der Waals surface area (Å²) in [6.45, 7) is 0.334. The number of pyridine rings is 1. The maximum atomic E-state index is 14.7. The first-order chi connectivity index (χ1) is 15.1. The van der Waals surface area contributed by atoms with Crippen molar-refractivity contribution in [3.05, 3.63) is 77.4 Å². The number of hydrogen-bond acceptors (Lipinski definition) is 5. The fourth-order valence-electron chi connectivity index (χ4n) is 4.26. The second kappa shape index (κ2) is 7.91. The van der Waals surface area contributed by atoms with E-state index in [1.165, 1.54) is 6.07 Å². The van der Waals surface area contributed by atoms with Crippen LogP contribution in [0.2, 0.25) is 0 Å². The van der Waals surface area contributed by atoms with Gasteiger partial charge < -0.3 is 19.3 Å². The van der Waals surface area contributed by atoms with Crippen LogP contribution in [0.4, 0.5) is 4.39 Å². The van der Waals surface area contributed by atoms with Crippen LogP contribution in [0.5, 0.6) is 23.0 Å². The average Bonchev–Trinajstić information content (AvgIpc) is 3.36. The number of aliphatic carboxylic acids is 1. The van der Waals surface area contributed by atoms with Gasteiger partial charge in [-0.15, -0.1) is 0 Å². The van der Waals surface area contributed by atoms with Gasteiger partial charge in [0.2, 0.25) is 0 Å². The number of aromatic nitrogens is 1. The molecule has 0 spiro atoms. The molecule has 1 aromatic heterocycles. The lowest BCUT2D eigenvalue weighted by Crippen LogP contribution is -2.07. The first-order valence-corrected chi connectivity index (χ1v) is 10.1. The first-order valence-electron chi connectivity index (χ1n) is 10.1. The molecule has 1 aliphatic heterocycles. The molecule has 158 valence electrons. The summed E-state index contributed by atoms with van der Waals surface area (Å²) in [5.74, 6) is 1.02. The van der Waals surface area contributed by atoms with Crippen molar-refractivity contribution in [3.63, 3.8) is 0 Å². The monoisotopic (exact) mass is 421 g/mol. The number of carboxylic acids is 1. The number of ether oxygens (including phenoxy) is 3. The second-order valence-corrected chi connectivity index (χ2v) is 7.68. The Balaban J connectivity index is 1.37. The second-order valence-electron chi connectivity index (χ2n) is 7.68. The van der Waals surface area contributed by atoms with Crippen molar-refractivity contribution in [1.82, 2.24) is 4.98 Å². The molecule has 0 saturated heterocycles. The van der Waals surface area contributed by atoms with E-state index in [4.69, 9.17) is 19.3 Å². The topological polar surface area (TPSA) is 77.9 Å². The summed E-state index contributed by atoms with van der Waals surface area (Å²) < 4.78 is 32.4. The Hall–Kier alpha value is -3.61. The van der Waals surface area contributed by atoms with E-state index in [1.54, 1.807) is 42.7 Å². The Morgan fingerprint density at radius 1 is 1.23 bits per heavy atom. The van der Waals surface area contributed by atoms with Gasteiger partial charge in [0.15, 0.2) is 0 Å². The molecule has 3 aromatic rings. The van der Waals surface area contributed by atoms with E-state index in [0.717, 1.165) is 11.1 Å². The van der Waals surface area contributed by atoms with Gasteiger partial charge in [0, 0.05) is 34.9 Å². The van der Waals surface area contributed by atoms with Crippen LogP contribution >= 0.6 is 0 Å². The van der Waals surface area contributed by atoms with Gasteiger partial charge in [0.25, 0.3) is 0 Å². The van der Waals surface area contributed by atoms with Crippen LogP contribution in [0.1, 0.15) is 41.6 Å². The predicted octanol–water partition coefficient (Wildman–Crippen LogP) is 5.03. The number of fused-ring (bicyclic) bond motifs is 2. The summed E-state index contributed by atoms with van der Waals surface area (Å²) in [6.07, 6.45) is 4.11. The summed E-state index contributed by atoms with van der Waals surface area (Å²) in [6, 6.07) is 12.0. The quantitative estimate of drug-likeness (QED) is 0.602. The molecule has 0 saturated carbocycles. The Bertz CT molecular complexity index is 1130. The zero-order valence-corrected chi connectivity index (χ0v) is 16.6. The molecule has 2 heterocycles. The maximum Gasteiger partial charge on any atom is 0.304 e. The molecule has 7 heteroatoms. The van der Waals surface area contributed by atoms with E-state index in [9.17, 15) is 9.18 Å². The third kappa shape index (κ3) is 3.79. The lowest BCUT2D eigenvalue weighted by Gasteiger charge is -2.17. The maximum absolute atomic E-state index is 14.7. The van der Waals surface area contributed by atoms with Gasteiger partial charge in [-0.3, -0.25) is 9.78 Å². The molecule has 6 nitrogen and oxygen atoms in total. The van der Waals surface area contributed by atoms with Crippen molar-refractivity contribution in [2.75, 3.05) is 6.61 Å². The first kappa shape index (κ1) is 19.4. The van der Waals surface area contributed by atoms with E-state index in [0.29, 0.717) is 48.0 Å². The van der Waals surface area contributed by atoms with Crippen LogP contribution in [0.25, 0.3) is 0 Å². The smallest absolute Gasteiger partial charge is 0.304 e. The van der Waals surface area contributed by atoms with Gasteiger partial charge in [-0.05, 0) is 43.2 Å². The molecule has 2 aromatic carbocycles. The van der Waals surface area contributed by atoms with E-state index >= 15 is 0 Å². The lowest BCUT2D eigenvalue weighted by atomic mass is 9.98. The van der Waals surface area contributed by atoms with Gasteiger partial charge in [-0.2, -0.15) is 0 Å². The molecule has 5 rings (SSSR count). The fourth-order valence-corrected chi connectivity index (χ4v) is 4.26. The van der Waals surface area contributed by atoms with Crippen LogP contribution in [0, 0.1) is 5.82 Å². The van der Waals surface area contributed by atoms with Crippen LogP contribution < -0.4 is 14.2 Å². The van der Waals surface area contributed by atoms with Crippen LogP contribution in [0.15, 0.2) is 54.9 Å². The zero-order chi connectivity index (χ0) is 21.4. The third-order valence-corrected chi connectivity index (χ3v) is 5.67. The van der Waals surface area contributed by atoms with Crippen LogP contribution in [-0.2, 0) is 11.2 Å². The molecule has 0 bridgehead atoms. The standard InChI is InChI=1S/C24H20FNO5/c25-19-6-8-20(31-16-2-1-9-26-12-16)18-5-7-21(24(18)19)30-15-3-4-17-14(10-23(27)28)13-29-22(17)11-15/h1-4,6,8-9,11-12,14,21H,5,7,10,13H2,(H,27,28)/t14?,21-/m1/s1. The van der Waals surface area contributed by atoms with Crippen LogP contribution in [-0.4, -0.2) is 22.7 Å². The van der Waals surface area contributed by atoms with E-state index in [1.807, 2.05) is 6.07 Å². The molecule has 1 N–H and O–H groups in total. The number of nitrogens with zero attached hydrogens (tertiary/aromatic N) is 1. The largest absolute Gasteiger partial charge is 0.492 e. The summed E-state index contributed by atoms with van der Waals surface area (Å²) in [7, 11) is 0. The molecular formula is C24H20FNO5. The molecule has 2 atom stereocenters. The third-order valence-electron chi connectivity index (χ3n) is 5.67. The van der Waals surface area contributed by atoms with Crippen LogP contribution in [0.3, 0.4) is 0 Å². The minimum absolute atomic E-state index is 0.0220. The average molecular weight is 421 g/mol. The highest BCUT2D eigenvalue weighted by atomic mass is 19.1. The van der Waals surface area contributed by atoms with Crippen molar-refractivity contribution < 1.29 is 28.5 Å². The predicted molar refractivity (Wildman–Crippen MR) is 109 cm³/mol. The minimum atomic E-state index is -0.857. The number of hydrogen-bond donors (Lipinski definition) is 1. The number of halogens is 1. The highest BCUT2D eigenvalue weighted by Crippen LogP contribution is 2.44. The highest BCUT2D eigenvalue weighted by molar-refractivity contribution is 5.68. The van der Waals surface area contributed by atoms with Gasteiger partial charge >= 0.3 is 5.97 Å². The van der Waals surface area contributed by atoms with Gasteiger partial charge in [0.05, 0.1) is 19.2 Å². The number of benzene rings is 2. The van der Waals surface area contributed by atoms with Crippen molar-refractivity contribution in [3.8, 4) is 23.0 Å². The summed E-state index contributed by atoms with van der Waals surface area (Å²) >= 11 is 0. The summed E-state index contributed by atoms with van der Waals surface area (Å²) in [4.78, 5) is 15.1. The molecular weight excluding hydrogens is 401 g/mol. The molecule has 0 radical (unpaired) electrons. The normalized spacial score (nSPS) is 18.7. The minimum Gasteiger partial charge on any atom is -0.492 e. The summed E-state index contributed by atoms with van der Waals surface area (Å²) in [5, 5.41) is 9.05. The highest BCUT2D eigenvalue weighted by Gasteiger charge is 2.32. The molecule has 31 heavy (non-hydrogen) atoms. The van der Waals surface area contributed by atoms with Gasteiger partial charge in [-0.25, -0.2) is 4.39 Å². The molecule has 1 aliphatic carbocycles. The molecule has 0 amide bonds. The number of carbonyl (C=O) groups is 1. The van der Waals surface area contributed by atoms with Crippen molar-refractivity contribution in [2.45, 2.75) is 31.3 Å². The van der Waals surface area contributed by atoms with Gasteiger partial charge in [-0.1, -0.05) is 6.07 Å².